The molecule has 2 rings (SSSR count). The fourth-order valence-electron chi connectivity index (χ4n) is 2.82. The number of esters is 1. The van der Waals surface area contributed by atoms with E-state index in [-0.39, 0.29) is 30.8 Å². The van der Waals surface area contributed by atoms with Gasteiger partial charge in [-0.3, -0.25) is 30.3 Å². The first-order valence-corrected chi connectivity index (χ1v) is 8.48. The molecule has 0 heterocycles. The van der Waals surface area contributed by atoms with Gasteiger partial charge in [-0.25, -0.2) is 4.79 Å². The van der Waals surface area contributed by atoms with Crippen LogP contribution >= 0.6 is 0 Å². The second-order valence-corrected chi connectivity index (χ2v) is 6.21. The average Bonchev–Trinajstić information content (AvgIpc) is 2.68. The van der Waals surface area contributed by atoms with E-state index in [1.54, 1.807) is 0 Å². The molecule has 0 radical (unpaired) electrons. The highest BCUT2D eigenvalue weighted by Gasteiger charge is 2.52. The average molecular weight is 403 g/mol. The van der Waals surface area contributed by atoms with Crippen LogP contribution in [0.4, 0.5) is 11.4 Å². The third-order valence-electron chi connectivity index (χ3n) is 4.29. The summed E-state index contributed by atoms with van der Waals surface area (Å²) in [6.45, 7) is 1.44. The molecule has 0 saturated heterocycles. The standard InChI is InChI=1S/C18H17N3O8/c1-2-29-17(22)18(21(27)28,11-13-3-7-15(8-4-13)19(23)24)12-14-5-9-16(10-6-14)20(25)26/h3-10H,2,11-12H2,1H3. The zero-order valence-corrected chi connectivity index (χ0v) is 15.3. The van der Waals surface area contributed by atoms with Crippen molar-refractivity contribution in [3.63, 3.8) is 0 Å². The molecule has 0 fully saturated rings. The van der Waals surface area contributed by atoms with Crippen LogP contribution in [0.1, 0.15) is 18.1 Å². The molecular formula is C18H17N3O8. The minimum atomic E-state index is -2.19. The second-order valence-electron chi connectivity index (χ2n) is 6.21. The van der Waals surface area contributed by atoms with Gasteiger partial charge in [0, 0.05) is 29.2 Å². The molecule has 0 spiro atoms. The van der Waals surface area contributed by atoms with Crippen LogP contribution in [0.2, 0.25) is 0 Å². The predicted octanol–water partition coefficient (Wildman–Crippen LogP) is 2.87. The lowest BCUT2D eigenvalue weighted by Gasteiger charge is -2.23. The minimum absolute atomic E-state index is 0.0745. The van der Waals surface area contributed by atoms with Crippen molar-refractivity contribution in [3.05, 3.63) is 90.0 Å². The van der Waals surface area contributed by atoms with Gasteiger partial charge < -0.3 is 4.74 Å². The molecule has 0 aliphatic heterocycles. The topological polar surface area (TPSA) is 156 Å². The molecule has 0 amide bonds. The normalized spacial score (nSPS) is 10.9. The van der Waals surface area contributed by atoms with Gasteiger partial charge in [-0.2, -0.15) is 0 Å². The predicted molar refractivity (Wildman–Crippen MR) is 100.0 cm³/mol. The van der Waals surface area contributed by atoms with Gasteiger partial charge in [0.2, 0.25) is 0 Å². The molecule has 0 aromatic heterocycles. The van der Waals surface area contributed by atoms with Crippen LogP contribution in [0.5, 0.6) is 0 Å². The van der Waals surface area contributed by atoms with Crippen molar-refractivity contribution >= 4 is 17.3 Å². The molecular weight excluding hydrogens is 386 g/mol. The van der Waals surface area contributed by atoms with E-state index >= 15 is 0 Å². The van der Waals surface area contributed by atoms with Crippen LogP contribution in [0.15, 0.2) is 48.5 Å². The number of rotatable bonds is 9. The molecule has 0 bridgehead atoms. The lowest BCUT2D eigenvalue weighted by atomic mass is 9.85. The van der Waals surface area contributed by atoms with Crippen molar-refractivity contribution in [2.45, 2.75) is 25.3 Å². The Balaban J connectivity index is 2.43. The number of carbonyl (C=O) groups excluding carboxylic acids is 1. The molecule has 0 aliphatic carbocycles. The van der Waals surface area contributed by atoms with Crippen LogP contribution < -0.4 is 0 Å². The summed E-state index contributed by atoms with van der Waals surface area (Å²) in [5.74, 6) is -1.05. The molecule has 11 nitrogen and oxygen atoms in total. The summed E-state index contributed by atoms with van der Waals surface area (Å²) >= 11 is 0. The van der Waals surface area contributed by atoms with Gasteiger partial charge in [-0.05, 0) is 18.1 Å². The molecule has 29 heavy (non-hydrogen) atoms. The van der Waals surface area contributed by atoms with Crippen molar-refractivity contribution in [3.8, 4) is 0 Å². The number of nitro groups is 3. The zero-order valence-electron chi connectivity index (χ0n) is 15.3. The number of carbonyl (C=O) groups is 1. The van der Waals surface area contributed by atoms with E-state index in [2.05, 4.69) is 0 Å². The first-order valence-electron chi connectivity index (χ1n) is 8.48. The summed E-state index contributed by atoms with van der Waals surface area (Å²) in [5, 5.41) is 33.6. The van der Waals surface area contributed by atoms with Crippen molar-refractivity contribution in [1.82, 2.24) is 0 Å². The Morgan fingerprint density at radius 2 is 1.21 bits per heavy atom. The first kappa shape index (κ1) is 21.4. The number of hydrogen-bond donors (Lipinski definition) is 0. The SMILES string of the molecule is CCOC(=O)C(Cc1ccc([N+](=O)[O-])cc1)(Cc1ccc([N+](=O)[O-])cc1)[N+](=O)[O-]. The summed E-state index contributed by atoms with van der Waals surface area (Å²) in [5.41, 5.74) is -1.90. The van der Waals surface area contributed by atoms with Crippen molar-refractivity contribution in [2.24, 2.45) is 0 Å². The third-order valence-corrected chi connectivity index (χ3v) is 4.29. The molecule has 0 unspecified atom stereocenters. The quantitative estimate of drug-likeness (QED) is 0.351. The lowest BCUT2D eigenvalue weighted by Crippen LogP contribution is -2.51. The number of non-ortho nitro benzene ring substituents is 2. The Kier molecular flexibility index (Phi) is 6.55. The van der Waals surface area contributed by atoms with Gasteiger partial charge >= 0.3 is 11.5 Å². The number of benzene rings is 2. The fraction of sp³-hybridized carbons (Fsp3) is 0.278. The first-order chi connectivity index (χ1) is 13.7. The van der Waals surface area contributed by atoms with Gasteiger partial charge in [0.15, 0.2) is 0 Å². The zero-order chi connectivity index (χ0) is 21.6. The Hall–Kier alpha value is -3.89. The van der Waals surface area contributed by atoms with Gasteiger partial charge in [-0.1, -0.05) is 24.3 Å². The van der Waals surface area contributed by atoms with Crippen LogP contribution in [-0.2, 0) is 22.4 Å². The van der Waals surface area contributed by atoms with Crippen LogP contribution in [-0.4, -0.2) is 32.9 Å². The minimum Gasteiger partial charge on any atom is -0.461 e. The third kappa shape index (κ3) is 4.89. The lowest BCUT2D eigenvalue weighted by molar-refractivity contribution is -0.555. The molecule has 152 valence electrons. The molecule has 0 saturated carbocycles. The summed E-state index contributed by atoms with van der Waals surface area (Å²) in [6.07, 6.45) is -0.734. The maximum Gasteiger partial charge on any atom is 0.385 e. The number of hydrogen-bond acceptors (Lipinski definition) is 8. The van der Waals surface area contributed by atoms with E-state index in [1.165, 1.54) is 55.5 Å². The van der Waals surface area contributed by atoms with E-state index in [0.717, 1.165) is 0 Å². The molecule has 0 N–H and O–H groups in total. The molecule has 11 heteroatoms. The smallest absolute Gasteiger partial charge is 0.385 e. The van der Waals surface area contributed by atoms with Gasteiger partial charge in [0.05, 0.1) is 29.3 Å². The maximum atomic E-state index is 12.6. The molecule has 0 aliphatic rings. The number of nitrogens with zero attached hydrogens (tertiary/aromatic N) is 3. The fourth-order valence-corrected chi connectivity index (χ4v) is 2.82. The number of ether oxygens (including phenoxy) is 1. The van der Waals surface area contributed by atoms with Gasteiger partial charge in [0.25, 0.3) is 11.4 Å². The van der Waals surface area contributed by atoms with Crippen LogP contribution in [0.3, 0.4) is 0 Å². The Morgan fingerprint density at radius 1 is 0.828 bits per heavy atom. The maximum absolute atomic E-state index is 12.6. The summed E-state index contributed by atoms with van der Waals surface area (Å²) in [6, 6.07) is 10.1. The van der Waals surface area contributed by atoms with E-state index in [4.69, 9.17) is 4.74 Å². The highest BCUT2D eigenvalue weighted by Crippen LogP contribution is 2.27. The Morgan fingerprint density at radius 3 is 1.48 bits per heavy atom. The number of nitro benzene ring substituents is 2. The summed E-state index contributed by atoms with van der Waals surface area (Å²) in [4.78, 5) is 44.2. The van der Waals surface area contributed by atoms with Gasteiger partial charge in [0.1, 0.15) is 0 Å². The van der Waals surface area contributed by atoms with E-state index < -0.39 is 26.3 Å². The second kappa shape index (κ2) is 8.87. The summed E-state index contributed by atoms with van der Waals surface area (Å²) < 4.78 is 4.94. The van der Waals surface area contributed by atoms with Crippen molar-refractivity contribution < 1.29 is 24.3 Å². The van der Waals surface area contributed by atoms with Crippen LogP contribution in [0, 0.1) is 30.3 Å². The Bertz CT molecular complexity index is 866. The van der Waals surface area contributed by atoms with E-state index in [9.17, 15) is 35.1 Å². The molecule has 2 aromatic carbocycles. The molecule has 0 atom stereocenters. The van der Waals surface area contributed by atoms with Crippen LogP contribution in [0.25, 0.3) is 0 Å². The van der Waals surface area contributed by atoms with Crippen molar-refractivity contribution in [1.29, 1.82) is 0 Å². The summed E-state index contributed by atoms with van der Waals surface area (Å²) in [7, 11) is 0. The Labute approximate surface area is 164 Å². The van der Waals surface area contributed by atoms with E-state index in [0.29, 0.717) is 11.1 Å². The largest absolute Gasteiger partial charge is 0.461 e. The van der Waals surface area contributed by atoms with Crippen molar-refractivity contribution in [2.75, 3.05) is 6.61 Å². The van der Waals surface area contributed by atoms with Gasteiger partial charge in [-0.15, -0.1) is 0 Å². The highest BCUT2D eigenvalue weighted by atomic mass is 16.6. The molecule has 2 aromatic rings. The highest BCUT2D eigenvalue weighted by molar-refractivity contribution is 5.80. The monoisotopic (exact) mass is 403 g/mol. The van der Waals surface area contributed by atoms with E-state index in [1.807, 2.05) is 0 Å².